The molecule has 158 valence electrons. The summed E-state index contributed by atoms with van der Waals surface area (Å²) in [5.41, 5.74) is -1.28. The number of carbonyl (C=O) groups is 2. The second-order valence-corrected chi connectivity index (χ2v) is 9.72. The van der Waals surface area contributed by atoms with Gasteiger partial charge in [0.1, 0.15) is 13.2 Å². The first kappa shape index (κ1) is 21.6. The van der Waals surface area contributed by atoms with Gasteiger partial charge < -0.3 is 14.7 Å². The number of carboxylic acid groups (broad SMARTS) is 1. The highest BCUT2D eigenvalue weighted by Crippen LogP contribution is 2.45. The van der Waals surface area contributed by atoms with E-state index in [-0.39, 0.29) is 22.4 Å². The first-order valence-electron chi connectivity index (χ1n) is 8.21. The maximum absolute atomic E-state index is 13.5. The minimum atomic E-state index is -4.70. The van der Waals surface area contributed by atoms with Crippen molar-refractivity contribution in [1.82, 2.24) is 0 Å². The lowest BCUT2D eigenvalue weighted by Crippen LogP contribution is -2.39. The van der Waals surface area contributed by atoms with Crippen LogP contribution in [-0.4, -0.2) is 66.6 Å². The Labute approximate surface area is 167 Å². The molecule has 2 atom stereocenters. The van der Waals surface area contributed by atoms with E-state index >= 15 is 0 Å². The van der Waals surface area contributed by atoms with E-state index in [2.05, 4.69) is 9.73 Å². The fraction of sp³-hybridized carbons (Fsp3) is 0.438. The van der Waals surface area contributed by atoms with E-state index in [1.807, 2.05) is 0 Å². The third-order valence-corrected chi connectivity index (χ3v) is 7.42. The molecule has 3 rings (SSSR count). The predicted octanol–water partition coefficient (Wildman–Crippen LogP) is 1.41. The van der Waals surface area contributed by atoms with Crippen LogP contribution in [0.15, 0.2) is 29.3 Å². The van der Waals surface area contributed by atoms with Gasteiger partial charge in [-0.15, -0.1) is 0 Å². The summed E-state index contributed by atoms with van der Waals surface area (Å²) in [5, 5.41) is 7.87. The summed E-state index contributed by atoms with van der Waals surface area (Å²) in [4.78, 5) is 27.3. The van der Waals surface area contributed by atoms with Crippen molar-refractivity contribution in [1.29, 1.82) is 0 Å². The molecule has 2 fully saturated rings. The number of ether oxygens (including phenoxy) is 1. The first-order chi connectivity index (χ1) is 13.5. The van der Waals surface area contributed by atoms with Crippen molar-refractivity contribution in [3.8, 4) is 0 Å². The number of halogens is 3. The summed E-state index contributed by atoms with van der Waals surface area (Å²) in [6, 6.07) is 3.84. The molecule has 0 bridgehead atoms. The van der Waals surface area contributed by atoms with E-state index in [9.17, 15) is 31.2 Å². The number of para-hydroxylation sites is 1. The lowest BCUT2D eigenvalue weighted by atomic mass is 10.1. The highest BCUT2D eigenvalue weighted by atomic mass is 32.2. The van der Waals surface area contributed by atoms with Crippen molar-refractivity contribution in [3.05, 3.63) is 29.8 Å². The van der Waals surface area contributed by atoms with Crippen LogP contribution in [0, 0.1) is 0 Å². The van der Waals surface area contributed by atoms with Crippen LogP contribution in [0.4, 0.5) is 18.9 Å². The summed E-state index contributed by atoms with van der Waals surface area (Å²) < 4.78 is 69.1. The van der Waals surface area contributed by atoms with Crippen LogP contribution in [-0.2, 0) is 30.3 Å². The van der Waals surface area contributed by atoms with Crippen molar-refractivity contribution in [2.24, 2.45) is 4.99 Å². The Kier molecular flexibility index (Phi) is 5.92. The molecule has 0 aromatic heterocycles. The van der Waals surface area contributed by atoms with Gasteiger partial charge in [0.15, 0.2) is 15.0 Å². The van der Waals surface area contributed by atoms with Crippen molar-refractivity contribution in [3.63, 3.8) is 0 Å². The zero-order valence-corrected chi connectivity index (χ0v) is 16.3. The Balaban J connectivity index is 1.97. The van der Waals surface area contributed by atoms with Gasteiger partial charge in [0.05, 0.1) is 28.8 Å². The Hall–Kier alpha value is -2.12. The maximum Gasteiger partial charge on any atom is 0.418 e. The molecule has 0 radical (unpaired) electrons. The third-order valence-electron chi connectivity index (χ3n) is 4.21. The topological polar surface area (TPSA) is 113 Å². The smallest absolute Gasteiger partial charge is 0.418 e. The molecule has 2 heterocycles. The monoisotopic (exact) mass is 452 g/mol. The van der Waals surface area contributed by atoms with E-state index in [4.69, 9.17) is 5.11 Å². The number of rotatable bonds is 5. The summed E-state index contributed by atoms with van der Waals surface area (Å²) in [6.45, 7) is -1.40. The second-order valence-electron chi connectivity index (χ2n) is 6.36. The SMILES string of the molecule is O=C(O)COCC(=O)N=C1S[C@@H]2CS(=O)(=O)C[C@@H]2N1c1ccccc1C(F)(F)F. The van der Waals surface area contributed by atoms with E-state index in [0.717, 1.165) is 22.7 Å². The van der Waals surface area contributed by atoms with E-state index in [1.165, 1.54) is 18.2 Å². The highest BCUT2D eigenvalue weighted by molar-refractivity contribution is 8.16. The minimum absolute atomic E-state index is 0.0736. The largest absolute Gasteiger partial charge is 0.480 e. The minimum Gasteiger partial charge on any atom is -0.480 e. The lowest BCUT2D eigenvalue weighted by molar-refractivity contribution is -0.143. The van der Waals surface area contributed by atoms with Gasteiger partial charge in [0.25, 0.3) is 5.91 Å². The van der Waals surface area contributed by atoms with Crippen molar-refractivity contribution in [2.75, 3.05) is 29.6 Å². The number of anilines is 1. The molecule has 29 heavy (non-hydrogen) atoms. The second kappa shape index (κ2) is 7.95. The molecular weight excluding hydrogens is 437 g/mol. The normalized spacial score (nSPS) is 24.7. The molecule has 1 amide bonds. The van der Waals surface area contributed by atoms with Crippen LogP contribution in [0.25, 0.3) is 0 Å². The van der Waals surface area contributed by atoms with Gasteiger partial charge in [-0.2, -0.15) is 18.2 Å². The number of thioether (sulfide) groups is 1. The zero-order valence-electron chi connectivity index (χ0n) is 14.6. The number of carbonyl (C=O) groups excluding carboxylic acids is 1. The van der Waals surface area contributed by atoms with Gasteiger partial charge in [-0.1, -0.05) is 23.9 Å². The fourth-order valence-electron chi connectivity index (χ4n) is 3.13. The standard InChI is InChI=1S/C16H15F3N2O6S2/c17-16(18,19)9-3-1-2-4-10(9)21-11-7-29(25,26)8-12(11)28-15(21)20-13(22)5-27-6-14(23)24/h1-4,11-12H,5-8H2,(H,23,24)/t11-,12+/m0/s1. The van der Waals surface area contributed by atoms with Gasteiger partial charge in [0.2, 0.25) is 0 Å². The van der Waals surface area contributed by atoms with Gasteiger partial charge in [0, 0.05) is 5.25 Å². The molecular formula is C16H15F3N2O6S2. The molecule has 2 saturated heterocycles. The number of benzene rings is 1. The fourth-order valence-corrected chi connectivity index (χ4v) is 7.06. The number of carboxylic acids is 1. The van der Waals surface area contributed by atoms with Crippen LogP contribution < -0.4 is 4.90 Å². The van der Waals surface area contributed by atoms with Gasteiger partial charge in [-0.25, -0.2) is 13.2 Å². The van der Waals surface area contributed by atoms with E-state index < -0.39 is 58.0 Å². The lowest BCUT2D eigenvalue weighted by Gasteiger charge is -2.27. The van der Waals surface area contributed by atoms with Crippen molar-refractivity contribution >= 4 is 44.3 Å². The van der Waals surface area contributed by atoms with Crippen LogP contribution in [0.1, 0.15) is 5.56 Å². The molecule has 13 heteroatoms. The van der Waals surface area contributed by atoms with Gasteiger partial charge >= 0.3 is 12.1 Å². The number of hydrogen-bond donors (Lipinski definition) is 1. The number of aliphatic imine (C=N–C) groups is 1. The van der Waals surface area contributed by atoms with Crippen LogP contribution in [0.2, 0.25) is 0 Å². The summed E-state index contributed by atoms with van der Waals surface area (Å²) >= 11 is 0.911. The average molecular weight is 452 g/mol. The number of alkyl halides is 3. The maximum atomic E-state index is 13.5. The number of sulfone groups is 1. The Morgan fingerprint density at radius 1 is 1.24 bits per heavy atom. The zero-order chi connectivity index (χ0) is 21.4. The predicted molar refractivity (Wildman–Crippen MR) is 98.6 cm³/mol. The number of fused-ring (bicyclic) bond motifs is 1. The summed E-state index contributed by atoms with van der Waals surface area (Å²) in [7, 11) is -3.44. The molecule has 1 aromatic carbocycles. The van der Waals surface area contributed by atoms with Gasteiger partial charge in [-0.3, -0.25) is 4.79 Å². The number of aliphatic carboxylic acids is 1. The average Bonchev–Trinajstić information content (AvgIpc) is 3.04. The van der Waals surface area contributed by atoms with Gasteiger partial charge in [-0.05, 0) is 12.1 Å². The Morgan fingerprint density at radius 3 is 2.59 bits per heavy atom. The van der Waals surface area contributed by atoms with Crippen LogP contribution >= 0.6 is 11.8 Å². The molecule has 8 nitrogen and oxygen atoms in total. The van der Waals surface area contributed by atoms with Crippen molar-refractivity contribution in [2.45, 2.75) is 17.5 Å². The molecule has 2 aliphatic heterocycles. The molecule has 1 aromatic rings. The number of hydrogen-bond acceptors (Lipinski definition) is 6. The Bertz CT molecular complexity index is 964. The van der Waals surface area contributed by atoms with Crippen LogP contribution in [0.3, 0.4) is 0 Å². The molecule has 2 aliphatic rings. The Morgan fingerprint density at radius 2 is 1.93 bits per heavy atom. The number of nitrogens with zero attached hydrogens (tertiary/aromatic N) is 2. The summed E-state index contributed by atoms with van der Waals surface area (Å²) in [6.07, 6.45) is -4.70. The number of amidine groups is 1. The molecule has 0 saturated carbocycles. The van der Waals surface area contributed by atoms with E-state index in [0.29, 0.717) is 0 Å². The summed E-state index contributed by atoms with van der Waals surface area (Å²) in [5.74, 6) is -2.78. The third kappa shape index (κ3) is 4.90. The van der Waals surface area contributed by atoms with Crippen molar-refractivity contribution < 1.29 is 41.0 Å². The first-order valence-corrected chi connectivity index (χ1v) is 10.9. The quantitative estimate of drug-likeness (QED) is 0.714. The molecule has 0 aliphatic carbocycles. The number of amides is 1. The molecule has 0 spiro atoms. The molecule has 1 N–H and O–H groups in total. The highest BCUT2D eigenvalue weighted by Gasteiger charge is 2.51. The van der Waals surface area contributed by atoms with E-state index in [1.54, 1.807) is 0 Å². The molecule has 0 unspecified atom stereocenters. The van der Waals surface area contributed by atoms with Crippen LogP contribution in [0.5, 0.6) is 0 Å².